The van der Waals surface area contributed by atoms with E-state index < -0.39 is 11.9 Å². The maximum Gasteiger partial charge on any atom is 0.129 e. The molecule has 0 aliphatic heterocycles. The number of aliphatic hydroxyl groups excluding tert-OH is 1. The Morgan fingerprint density at radius 1 is 1.05 bits per heavy atom. The van der Waals surface area contributed by atoms with E-state index in [9.17, 15) is 13.9 Å². The van der Waals surface area contributed by atoms with E-state index in [0.717, 1.165) is 0 Å². The second-order valence-electron chi connectivity index (χ2n) is 4.54. The molecule has 1 N–H and O–H groups in total. The van der Waals surface area contributed by atoms with Crippen molar-refractivity contribution in [2.24, 2.45) is 0 Å². The fraction of sp³-hybridized carbons (Fsp3) is 0.200. The molecule has 0 aliphatic rings. The lowest BCUT2D eigenvalue weighted by Crippen LogP contribution is -2.04. The minimum atomic E-state index is -1.12. The molecular weight excluding hydrogens is 314 g/mol. The highest BCUT2D eigenvalue weighted by Crippen LogP contribution is 2.29. The van der Waals surface area contributed by atoms with Crippen molar-refractivity contribution in [2.45, 2.75) is 20.0 Å². The first kappa shape index (κ1) is 14.2. The van der Waals surface area contributed by atoms with Gasteiger partial charge in [0.05, 0.1) is 0 Å². The zero-order chi connectivity index (χ0) is 14.2. The highest BCUT2D eigenvalue weighted by molar-refractivity contribution is 9.10. The Labute approximate surface area is 119 Å². The Kier molecular flexibility index (Phi) is 4.02. The van der Waals surface area contributed by atoms with E-state index in [2.05, 4.69) is 15.9 Å². The molecule has 0 saturated carbocycles. The number of rotatable bonds is 2. The van der Waals surface area contributed by atoms with Crippen LogP contribution in [0.3, 0.4) is 0 Å². The highest BCUT2D eigenvalue weighted by Gasteiger charge is 2.17. The summed E-state index contributed by atoms with van der Waals surface area (Å²) in [6, 6.07) is 7.44. The molecule has 0 radical (unpaired) electrons. The van der Waals surface area contributed by atoms with E-state index in [0.29, 0.717) is 21.2 Å². The number of aryl methyl sites for hydroxylation is 2. The van der Waals surface area contributed by atoms with Gasteiger partial charge in [0.2, 0.25) is 0 Å². The molecule has 0 bridgehead atoms. The molecular formula is C15H13BrF2O. The van der Waals surface area contributed by atoms with Gasteiger partial charge in [0.1, 0.15) is 17.7 Å². The maximum absolute atomic E-state index is 13.7. The molecule has 19 heavy (non-hydrogen) atoms. The van der Waals surface area contributed by atoms with Crippen molar-refractivity contribution >= 4 is 15.9 Å². The van der Waals surface area contributed by atoms with Gasteiger partial charge in [-0.25, -0.2) is 8.78 Å². The van der Waals surface area contributed by atoms with Gasteiger partial charge in [-0.15, -0.1) is 0 Å². The Bertz CT molecular complexity index is 603. The smallest absolute Gasteiger partial charge is 0.129 e. The van der Waals surface area contributed by atoms with Crippen molar-refractivity contribution in [2.75, 3.05) is 0 Å². The lowest BCUT2D eigenvalue weighted by Gasteiger charge is -2.15. The minimum Gasteiger partial charge on any atom is -0.384 e. The monoisotopic (exact) mass is 326 g/mol. The molecule has 0 heterocycles. The molecule has 0 aliphatic carbocycles. The van der Waals surface area contributed by atoms with Crippen LogP contribution in [-0.2, 0) is 0 Å². The van der Waals surface area contributed by atoms with Crippen LogP contribution in [0.4, 0.5) is 8.78 Å². The van der Waals surface area contributed by atoms with Crippen LogP contribution in [0, 0.1) is 25.5 Å². The van der Waals surface area contributed by atoms with E-state index in [-0.39, 0.29) is 11.4 Å². The fourth-order valence-electron chi connectivity index (χ4n) is 2.04. The number of hydrogen-bond donors (Lipinski definition) is 1. The summed E-state index contributed by atoms with van der Waals surface area (Å²) in [5.74, 6) is -0.791. The number of benzene rings is 2. The quantitative estimate of drug-likeness (QED) is 0.865. The molecule has 0 aromatic heterocycles. The summed E-state index contributed by atoms with van der Waals surface area (Å²) in [6.07, 6.45) is -1.12. The zero-order valence-electron chi connectivity index (χ0n) is 10.5. The standard InChI is InChI=1S/C15H13BrF2O/c1-8-5-10(6-9(2)14(8)18)15(19)12-7-11(16)3-4-13(12)17/h3-7,15,19H,1-2H3. The van der Waals surface area contributed by atoms with Crippen molar-refractivity contribution in [3.05, 3.63) is 68.7 Å². The number of halogens is 3. The third-order valence-corrected chi connectivity index (χ3v) is 3.52. The third-order valence-electron chi connectivity index (χ3n) is 3.03. The van der Waals surface area contributed by atoms with Crippen LogP contribution in [0.1, 0.15) is 28.4 Å². The predicted octanol–water partition coefficient (Wildman–Crippen LogP) is 4.43. The Hall–Kier alpha value is -1.26. The van der Waals surface area contributed by atoms with Gasteiger partial charge in [0, 0.05) is 10.0 Å². The first-order valence-corrected chi connectivity index (χ1v) is 6.59. The molecule has 1 unspecified atom stereocenters. The Morgan fingerprint density at radius 3 is 2.21 bits per heavy atom. The van der Waals surface area contributed by atoms with Crippen molar-refractivity contribution in [1.82, 2.24) is 0 Å². The van der Waals surface area contributed by atoms with Gasteiger partial charge in [-0.1, -0.05) is 28.1 Å². The molecule has 1 nitrogen and oxygen atoms in total. The van der Waals surface area contributed by atoms with Crippen LogP contribution in [0.2, 0.25) is 0 Å². The largest absolute Gasteiger partial charge is 0.384 e. The van der Waals surface area contributed by atoms with Crippen LogP contribution < -0.4 is 0 Å². The molecule has 4 heteroatoms. The molecule has 0 saturated heterocycles. The molecule has 0 amide bonds. The van der Waals surface area contributed by atoms with Crippen molar-refractivity contribution in [1.29, 1.82) is 0 Å². The van der Waals surface area contributed by atoms with E-state index in [1.807, 2.05) is 0 Å². The number of hydrogen-bond acceptors (Lipinski definition) is 1. The lowest BCUT2D eigenvalue weighted by atomic mass is 9.97. The van der Waals surface area contributed by atoms with Crippen LogP contribution in [0.15, 0.2) is 34.8 Å². The Morgan fingerprint density at radius 2 is 1.63 bits per heavy atom. The molecule has 1 atom stereocenters. The number of aliphatic hydroxyl groups is 1. The normalized spacial score (nSPS) is 12.5. The van der Waals surface area contributed by atoms with Crippen LogP contribution in [0.25, 0.3) is 0 Å². The summed E-state index contributed by atoms with van der Waals surface area (Å²) >= 11 is 3.24. The van der Waals surface area contributed by atoms with Gasteiger partial charge in [-0.05, 0) is 48.7 Å². The summed E-state index contributed by atoms with van der Waals surface area (Å²) < 4.78 is 28.0. The first-order chi connectivity index (χ1) is 8.90. The van der Waals surface area contributed by atoms with E-state index in [1.54, 1.807) is 19.9 Å². The maximum atomic E-state index is 13.7. The van der Waals surface area contributed by atoms with E-state index in [1.165, 1.54) is 24.3 Å². The second kappa shape index (κ2) is 5.39. The van der Waals surface area contributed by atoms with Gasteiger partial charge in [0.25, 0.3) is 0 Å². The first-order valence-electron chi connectivity index (χ1n) is 5.80. The molecule has 0 fully saturated rings. The molecule has 0 spiro atoms. The summed E-state index contributed by atoms with van der Waals surface area (Å²) in [7, 11) is 0. The Balaban J connectivity index is 2.49. The molecule has 2 aromatic carbocycles. The van der Waals surface area contributed by atoms with Gasteiger partial charge in [-0.2, -0.15) is 0 Å². The topological polar surface area (TPSA) is 20.2 Å². The van der Waals surface area contributed by atoms with Crippen LogP contribution in [0.5, 0.6) is 0 Å². The summed E-state index contributed by atoms with van der Waals surface area (Å²) in [6.45, 7) is 3.24. The van der Waals surface area contributed by atoms with Crippen LogP contribution >= 0.6 is 15.9 Å². The van der Waals surface area contributed by atoms with Gasteiger partial charge < -0.3 is 5.11 Å². The molecule has 100 valence electrons. The average molecular weight is 327 g/mol. The fourth-order valence-corrected chi connectivity index (χ4v) is 2.42. The second-order valence-corrected chi connectivity index (χ2v) is 5.45. The zero-order valence-corrected chi connectivity index (χ0v) is 12.1. The minimum absolute atomic E-state index is 0.166. The van der Waals surface area contributed by atoms with E-state index >= 15 is 0 Å². The van der Waals surface area contributed by atoms with Crippen molar-refractivity contribution in [3.63, 3.8) is 0 Å². The van der Waals surface area contributed by atoms with Crippen molar-refractivity contribution in [3.8, 4) is 0 Å². The molecule has 2 aromatic rings. The van der Waals surface area contributed by atoms with Gasteiger partial charge in [-0.3, -0.25) is 0 Å². The molecule has 2 rings (SSSR count). The van der Waals surface area contributed by atoms with E-state index in [4.69, 9.17) is 0 Å². The third kappa shape index (κ3) is 2.85. The SMILES string of the molecule is Cc1cc(C(O)c2cc(Br)ccc2F)cc(C)c1F. The van der Waals surface area contributed by atoms with Gasteiger partial charge in [0.15, 0.2) is 0 Å². The lowest BCUT2D eigenvalue weighted by molar-refractivity contribution is 0.214. The predicted molar refractivity (Wildman–Crippen MR) is 74.0 cm³/mol. The summed E-state index contributed by atoms with van der Waals surface area (Å²) in [5.41, 5.74) is 1.52. The average Bonchev–Trinajstić information content (AvgIpc) is 2.37. The highest BCUT2D eigenvalue weighted by atomic mass is 79.9. The van der Waals surface area contributed by atoms with Crippen LogP contribution in [-0.4, -0.2) is 5.11 Å². The summed E-state index contributed by atoms with van der Waals surface area (Å²) in [5, 5.41) is 10.3. The summed E-state index contributed by atoms with van der Waals surface area (Å²) in [4.78, 5) is 0. The van der Waals surface area contributed by atoms with Crippen molar-refractivity contribution < 1.29 is 13.9 Å². The van der Waals surface area contributed by atoms with Gasteiger partial charge >= 0.3 is 0 Å².